The van der Waals surface area contributed by atoms with Gasteiger partial charge in [-0.05, 0) is 25.5 Å². The number of thioether (sulfide) groups is 1. The molecule has 6 nitrogen and oxygen atoms in total. The van der Waals surface area contributed by atoms with E-state index in [0.29, 0.717) is 16.6 Å². The third-order valence-corrected chi connectivity index (χ3v) is 4.26. The summed E-state index contributed by atoms with van der Waals surface area (Å²) in [6, 6.07) is 8.65. The second-order valence-corrected chi connectivity index (χ2v) is 6.60. The summed E-state index contributed by atoms with van der Waals surface area (Å²) in [7, 11) is 1.57. The first-order valence-corrected chi connectivity index (χ1v) is 8.61. The van der Waals surface area contributed by atoms with E-state index < -0.39 is 5.25 Å². The first kappa shape index (κ1) is 18.1. The maximum atomic E-state index is 12.3. The number of aromatic nitrogens is 2. The average molecular weight is 347 g/mol. The predicted molar refractivity (Wildman–Crippen MR) is 95.8 cm³/mol. The van der Waals surface area contributed by atoms with E-state index in [-0.39, 0.29) is 11.5 Å². The van der Waals surface area contributed by atoms with Crippen LogP contribution in [-0.4, -0.2) is 28.2 Å². The molecule has 1 atom stereocenters. The fraction of sp³-hybridized carbons (Fsp3) is 0.353. The third-order valence-electron chi connectivity index (χ3n) is 3.27. The van der Waals surface area contributed by atoms with Crippen molar-refractivity contribution >= 4 is 23.4 Å². The lowest BCUT2D eigenvalue weighted by atomic mass is 10.2. The van der Waals surface area contributed by atoms with Gasteiger partial charge in [0.1, 0.15) is 5.75 Å². The van der Waals surface area contributed by atoms with Crippen LogP contribution >= 0.6 is 11.8 Å². The topological polar surface area (TPSA) is 84.1 Å². The van der Waals surface area contributed by atoms with E-state index >= 15 is 0 Å². The van der Waals surface area contributed by atoms with Gasteiger partial charge in [-0.15, -0.1) is 0 Å². The van der Waals surface area contributed by atoms with Gasteiger partial charge < -0.3 is 15.0 Å². The molecule has 0 saturated carbocycles. The van der Waals surface area contributed by atoms with Gasteiger partial charge in [-0.1, -0.05) is 31.2 Å². The Labute approximate surface area is 145 Å². The van der Waals surface area contributed by atoms with Crippen LogP contribution in [0.15, 0.2) is 40.3 Å². The lowest BCUT2D eigenvalue weighted by Crippen LogP contribution is -2.23. The first-order chi connectivity index (χ1) is 11.5. The van der Waals surface area contributed by atoms with Gasteiger partial charge in [-0.25, -0.2) is 4.98 Å². The maximum Gasteiger partial charge on any atom is 0.251 e. The highest BCUT2D eigenvalue weighted by Gasteiger charge is 2.16. The van der Waals surface area contributed by atoms with Crippen molar-refractivity contribution in [1.29, 1.82) is 0 Å². The third kappa shape index (κ3) is 5.13. The minimum Gasteiger partial charge on any atom is -0.497 e. The molecule has 0 aliphatic rings. The van der Waals surface area contributed by atoms with Crippen LogP contribution < -0.4 is 15.6 Å². The molecular formula is C17H21N3O3S. The predicted octanol–water partition coefficient (Wildman–Crippen LogP) is 2.85. The lowest BCUT2D eigenvalue weighted by molar-refractivity contribution is -0.115. The second kappa shape index (κ2) is 8.54. The fourth-order valence-electron chi connectivity index (χ4n) is 2.09. The molecule has 0 fully saturated rings. The van der Waals surface area contributed by atoms with Gasteiger partial charge in [0, 0.05) is 23.5 Å². The summed E-state index contributed by atoms with van der Waals surface area (Å²) in [4.78, 5) is 31.1. The molecule has 0 aliphatic heterocycles. The highest BCUT2D eigenvalue weighted by atomic mass is 32.2. The highest BCUT2D eigenvalue weighted by Crippen LogP contribution is 2.22. The molecule has 1 amide bonds. The van der Waals surface area contributed by atoms with Crippen LogP contribution in [0.4, 0.5) is 5.69 Å². The minimum atomic E-state index is -0.406. The van der Waals surface area contributed by atoms with Crippen molar-refractivity contribution in [2.75, 3.05) is 12.4 Å². The van der Waals surface area contributed by atoms with Gasteiger partial charge in [0.05, 0.1) is 12.4 Å². The molecule has 0 spiro atoms. The summed E-state index contributed by atoms with van der Waals surface area (Å²) in [5.41, 5.74) is 1.20. The summed E-state index contributed by atoms with van der Waals surface area (Å²) in [5, 5.41) is 2.88. The Bertz CT molecular complexity index is 761. The van der Waals surface area contributed by atoms with Crippen molar-refractivity contribution in [2.24, 2.45) is 0 Å². The van der Waals surface area contributed by atoms with E-state index in [0.717, 1.165) is 18.5 Å². The number of carbonyl (C=O) groups is 1. The quantitative estimate of drug-likeness (QED) is 0.594. The van der Waals surface area contributed by atoms with E-state index in [9.17, 15) is 9.59 Å². The number of rotatable bonds is 7. The number of nitrogens with zero attached hydrogens (tertiary/aromatic N) is 1. The molecule has 0 bridgehead atoms. The molecule has 128 valence electrons. The number of carbonyl (C=O) groups excluding carboxylic acids is 1. The summed E-state index contributed by atoms with van der Waals surface area (Å²) in [5.74, 6) is 0.503. The van der Waals surface area contributed by atoms with E-state index in [4.69, 9.17) is 4.74 Å². The van der Waals surface area contributed by atoms with Crippen LogP contribution in [0.25, 0.3) is 0 Å². The summed E-state index contributed by atoms with van der Waals surface area (Å²) in [6.07, 6.45) is 1.65. The minimum absolute atomic E-state index is 0.170. The molecule has 0 aliphatic carbocycles. The van der Waals surface area contributed by atoms with E-state index in [1.54, 1.807) is 32.2 Å². The van der Waals surface area contributed by atoms with Gasteiger partial charge in [-0.2, -0.15) is 0 Å². The number of methoxy groups -OCH3 is 1. The summed E-state index contributed by atoms with van der Waals surface area (Å²) < 4.78 is 5.14. The van der Waals surface area contributed by atoms with Gasteiger partial charge in [-0.3, -0.25) is 9.59 Å². The molecule has 0 unspecified atom stereocenters. The van der Waals surface area contributed by atoms with Crippen LogP contribution in [-0.2, 0) is 11.2 Å². The number of aryl methyl sites for hydroxylation is 1. The maximum absolute atomic E-state index is 12.3. The van der Waals surface area contributed by atoms with Crippen molar-refractivity contribution < 1.29 is 9.53 Å². The molecule has 1 heterocycles. The number of hydrogen-bond acceptors (Lipinski definition) is 5. The number of H-pyrrole nitrogens is 1. The largest absolute Gasteiger partial charge is 0.497 e. The first-order valence-electron chi connectivity index (χ1n) is 7.73. The van der Waals surface area contributed by atoms with Crippen molar-refractivity contribution in [3.63, 3.8) is 0 Å². The number of aromatic amines is 1. The van der Waals surface area contributed by atoms with Crippen LogP contribution in [0.5, 0.6) is 5.75 Å². The lowest BCUT2D eigenvalue weighted by Gasteiger charge is -2.12. The zero-order valence-corrected chi connectivity index (χ0v) is 14.8. The van der Waals surface area contributed by atoms with Crippen LogP contribution in [0.1, 0.15) is 26.0 Å². The Morgan fingerprint density at radius 1 is 1.42 bits per heavy atom. The van der Waals surface area contributed by atoms with Crippen LogP contribution in [0, 0.1) is 0 Å². The molecule has 1 aromatic carbocycles. The number of benzene rings is 1. The fourth-order valence-corrected chi connectivity index (χ4v) is 2.92. The molecule has 2 rings (SSSR count). The van der Waals surface area contributed by atoms with Gasteiger partial charge in [0.2, 0.25) is 5.91 Å². The number of anilines is 1. The zero-order valence-electron chi connectivity index (χ0n) is 14.0. The molecule has 24 heavy (non-hydrogen) atoms. The Balaban J connectivity index is 2.04. The highest BCUT2D eigenvalue weighted by molar-refractivity contribution is 8.00. The monoisotopic (exact) mass is 347 g/mol. The SMILES string of the molecule is CCCc1cc(=O)[nH]c(S[C@H](C)C(=O)Nc2cccc(OC)c2)n1. The van der Waals surface area contributed by atoms with Crippen molar-refractivity contribution in [2.45, 2.75) is 37.1 Å². The molecule has 1 aromatic heterocycles. The van der Waals surface area contributed by atoms with Gasteiger partial charge >= 0.3 is 0 Å². The Morgan fingerprint density at radius 2 is 2.21 bits per heavy atom. The zero-order chi connectivity index (χ0) is 17.5. The number of nitrogens with one attached hydrogen (secondary N) is 2. The van der Waals surface area contributed by atoms with Gasteiger partial charge in [0.15, 0.2) is 5.16 Å². The molecular weight excluding hydrogens is 326 g/mol. The molecule has 2 aromatic rings. The summed E-state index contributed by atoms with van der Waals surface area (Å²) in [6.45, 7) is 3.80. The molecule has 0 saturated heterocycles. The Morgan fingerprint density at radius 3 is 2.92 bits per heavy atom. The van der Waals surface area contributed by atoms with Crippen LogP contribution in [0.3, 0.4) is 0 Å². The Kier molecular flexibility index (Phi) is 6.43. The van der Waals surface area contributed by atoms with E-state index in [1.807, 2.05) is 13.0 Å². The van der Waals surface area contributed by atoms with Gasteiger partial charge in [0.25, 0.3) is 5.56 Å². The summed E-state index contributed by atoms with van der Waals surface area (Å²) >= 11 is 1.23. The molecule has 2 N–H and O–H groups in total. The normalized spacial score (nSPS) is 11.8. The molecule has 0 radical (unpaired) electrons. The Hall–Kier alpha value is -2.28. The average Bonchev–Trinajstić information content (AvgIpc) is 2.54. The number of amides is 1. The van der Waals surface area contributed by atoms with Crippen molar-refractivity contribution in [3.8, 4) is 5.75 Å². The number of hydrogen-bond donors (Lipinski definition) is 2. The second-order valence-electron chi connectivity index (χ2n) is 5.27. The number of ether oxygens (including phenoxy) is 1. The van der Waals surface area contributed by atoms with Crippen molar-refractivity contribution in [1.82, 2.24) is 9.97 Å². The smallest absolute Gasteiger partial charge is 0.251 e. The van der Waals surface area contributed by atoms with Crippen LogP contribution in [0.2, 0.25) is 0 Å². The van der Waals surface area contributed by atoms with E-state index in [2.05, 4.69) is 15.3 Å². The molecule has 7 heteroatoms. The van der Waals surface area contributed by atoms with Crippen molar-refractivity contribution in [3.05, 3.63) is 46.4 Å². The standard InChI is InChI=1S/C17H21N3O3S/c1-4-6-12-10-15(21)20-17(19-12)24-11(2)16(22)18-13-7-5-8-14(9-13)23-3/h5,7-11H,4,6H2,1-3H3,(H,18,22)(H,19,20,21)/t11-/m1/s1. The van der Waals surface area contributed by atoms with E-state index in [1.165, 1.54) is 17.8 Å².